The summed E-state index contributed by atoms with van der Waals surface area (Å²) >= 11 is 0. The number of amides is 2. The lowest BCUT2D eigenvalue weighted by Crippen LogP contribution is -2.44. The van der Waals surface area contributed by atoms with Crippen LogP contribution < -0.4 is 15.0 Å². The second-order valence-electron chi connectivity index (χ2n) is 7.64. The number of aliphatic carboxylic acids is 1. The number of carboxylic acid groups (broad SMARTS) is 1. The van der Waals surface area contributed by atoms with E-state index in [1.165, 1.54) is 0 Å². The van der Waals surface area contributed by atoms with Crippen LogP contribution in [-0.4, -0.2) is 54.3 Å². The van der Waals surface area contributed by atoms with Crippen molar-refractivity contribution < 1.29 is 29.0 Å². The second kappa shape index (κ2) is 9.54. The van der Waals surface area contributed by atoms with Crippen molar-refractivity contribution in [1.82, 2.24) is 5.32 Å². The van der Waals surface area contributed by atoms with Crippen LogP contribution in [0.5, 0.6) is 5.75 Å². The van der Waals surface area contributed by atoms with Gasteiger partial charge in [0.05, 0.1) is 5.60 Å². The fraction of sp³-hybridized carbons (Fsp3) is 0.550. The molecule has 1 aliphatic heterocycles. The predicted octanol–water partition coefficient (Wildman–Crippen LogP) is 1.97. The number of hydrogen-bond donors (Lipinski definition) is 2. The Labute approximate surface area is 164 Å². The Kier molecular flexibility index (Phi) is 7.39. The van der Waals surface area contributed by atoms with Crippen molar-refractivity contribution in [3.05, 3.63) is 24.3 Å². The Morgan fingerprint density at radius 2 is 2.07 bits per heavy atom. The largest absolute Gasteiger partial charge is 0.484 e. The quantitative estimate of drug-likeness (QED) is 0.666. The summed E-state index contributed by atoms with van der Waals surface area (Å²) in [4.78, 5) is 36.9. The summed E-state index contributed by atoms with van der Waals surface area (Å²) in [6.07, 6.45) is 1.51. The fourth-order valence-corrected chi connectivity index (χ4v) is 2.79. The van der Waals surface area contributed by atoms with Crippen LogP contribution in [0.2, 0.25) is 0 Å². The lowest BCUT2D eigenvalue weighted by molar-refractivity contribution is -0.143. The molecule has 0 aromatic heterocycles. The van der Waals surface area contributed by atoms with Gasteiger partial charge in [0.1, 0.15) is 11.8 Å². The Bertz CT molecular complexity index is 713. The maximum atomic E-state index is 12.1. The van der Waals surface area contributed by atoms with Gasteiger partial charge in [-0.15, -0.1) is 0 Å². The Morgan fingerprint density at radius 3 is 2.68 bits per heavy atom. The fourth-order valence-electron chi connectivity index (χ4n) is 2.79. The summed E-state index contributed by atoms with van der Waals surface area (Å²) in [7, 11) is 0. The molecule has 8 nitrogen and oxygen atoms in total. The number of carbonyl (C=O) groups is 3. The third-order valence-electron chi connectivity index (χ3n) is 4.15. The van der Waals surface area contributed by atoms with Gasteiger partial charge in [0.25, 0.3) is 5.91 Å². The number of hydrogen-bond acceptors (Lipinski definition) is 5. The SMILES string of the molecule is CC(C)(C)OCCC(NC(=O)COc1cccc(N2CCCC2=O)c1)C(=O)O. The average Bonchev–Trinajstić information content (AvgIpc) is 3.04. The van der Waals surface area contributed by atoms with E-state index in [1.807, 2.05) is 26.8 Å². The molecule has 2 rings (SSSR count). The van der Waals surface area contributed by atoms with Crippen LogP contribution in [0.25, 0.3) is 0 Å². The molecule has 2 amide bonds. The van der Waals surface area contributed by atoms with Crippen molar-refractivity contribution in [3.63, 3.8) is 0 Å². The van der Waals surface area contributed by atoms with E-state index in [0.717, 1.165) is 12.1 Å². The minimum Gasteiger partial charge on any atom is -0.484 e. The number of carboxylic acids is 1. The molecule has 1 aromatic carbocycles. The standard InChI is InChI=1S/C20H28N2O6/c1-20(2,3)28-11-9-16(19(25)26)21-17(23)13-27-15-7-4-6-14(12-15)22-10-5-8-18(22)24/h4,6-7,12,16H,5,8-11,13H2,1-3H3,(H,21,23)(H,25,26). The van der Waals surface area contributed by atoms with E-state index in [4.69, 9.17) is 9.47 Å². The molecule has 1 saturated heterocycles. The molecular formula is C20H28N2O6. The van der Waals surface area contributed by atoms with Gasteiger partial charge in [-0.3, -0.25) is 9.59 Å². The number of anilines is 1. The van der Waals surface area contributed by atoms with E-state index < -0.39 is 17.9 Å². The van der Waals surface area contributed by atoms with Gasteiger partial charge in [-0.1, -0.05) is 6.07 Å². The number of carbonyl (C=O) groups excluding carboxylic acids is 2. The zero-order valence-corrected chi connectivity index (χ0v) is 16.6. The number of rotatable bonds is 9. The monoisotopic (exact) mass is 392 g/mol. The average molecular weight is 392 g/mol. The first kappa shape index (κ1) is 21.7. The summed E-state index contributed by atoms with van der Waals surface area (Å²) in [6, 6.07) is 5.89. The predicted molar refractivity (Wildman–Crippen MR) is 103 cm³/mol. The van der Waals surface area contributed by atoms with E-state index in [0.29, 0.717) is 18.7 Å². The molecule has 1 aliphatic rings. The molecule has 1 atom stereocenters. The van der Waals surface area contributed by atoms with Crippen LogP contribution in [-0.2, 0) is 19.1 Å². The molecule has 1 unspecified atom stereocenters. The van der Waals surface area contributed by atoms with Crippen LogP contribution in [0.4, 0.5) is 5.69 Å². The minimum atomic E-state index is -1.12. The molecule has 1 heterocycles. The van der Waals surface area contributed by atoms with Gasteiger partial charge in [-0.2, -0.15) is 0 Å². The summed E-state index contributed by atoms with van der Waals surface area (Å²) in [5.41, 5.74) is 0.348. The Balaban J connectivity index is 1.85. The topological polar surface area (TPSA) is 105 Å². The van der Waals surface area contributed by atoms with Gasteiger partial charge in [0, 0.05) is 37.7 Å². The van der Waals surface area contributed by atoms with Crippen molar-refractivity contribution >= 4 is 23.5 Å². The maximum absolute atomic E-state index is 12.1. The molecular weight excluding hydrogens is 364 g/mol. The lowest BCUT2D eigenvalue weighted by Gasteiger charge is -2.21. The van der Waals surface area contributed by atoms with Crippen molar-refractivity contribution in [2.45, 2.75) is 51.7 Å². The van der Waals surface area contributed by atoms with E-state index in [2.05, 4.69) is 5.32 Å². The zero-order valence-electron chi connectivity index (χ0n) is 16.6. The molecule has 1 aromatic rings. The van der Waals surface area contributed by atoms with Crippen LogP contribution in [0.15, 0.2) is 24.3 Å². The maximum Gasteiger partial charge on any atom is 0.326 e. The van der Waals surface area contributed by atoms with Crippen molar-refractivity contribution in [3.8, 4) is 5.75 Å². The Morgan fingerprint density at radius 1 is 1.32 bits per heavy atom. The molecule has 154 valence electrons. The highest BCUT2D eigenvalue weighted by atomic mass is 16.5. The molecule has 0 aliphatic carbocycles. The lowest BCUT2D eigenvalue weighted by atomic mass is 10.2. The summed E-state index contributed by atoms with van der Waals surface area (Å²) in [5.74, 6) is -1.15. The Hall–Kier alpha value is -2.61. The van der Waals surface area contributed by atoms with Crippen LogP contribution in [0.1, 0.15) is 40.0 Å². The normalized spacial score (nSPS) is 15.4. The highest BCUT2D eigenvalue weighted by Crippen LogP contribution is 2.25. The number of ether oxygens (including phenoxy) is 2. The van der Waals surface area contributed by atoms with Gasteiger partial charge in [0.15, 0.2) is 6.61 Å². The molecule has 2 N–H and O–H groups in total. The first-order valence-corrected chi connectivity index (χ1v) is 9.35. The molecule has 0 radical (unpaired) electrons. The van der Waals surface area contributed by atoms with Gasteiger partial charge in [-0.05, 0) is 39.3 Å². The van der Waals surface area contributed by atoms with Crippen molar-refractivity contribution in [2.24, 2.45) is 0 Å². The highest BCUT2D eigenvalue weighted by molar-refractivity contribution is 5.95. The van der Waals surface area contributed by atoms with E-state index in [1.54, 1.807) is 23.1 Å². The smallest absolute Gasteiger partial charge is 0.326 e. The van der Waals surface area contributed by atoms with Crippen molar-refractivity contribution in [2.75, 3.05) is 24.7 Å². The summed E-state index contributed by atoms with van der Waals surface area (Å²) in [6.45, 7) is 6.19. The molecule has 0 bridgehead atoms. The van der Waals surface area contributed by atoms with Crippen LogP contribution in [0, 0.1) is 0 Å². The third-order valence-corrected chi connectivity index (χ3v) is 4.15. The molecule has 0 saturated carbocycles. The summed E-state index contributed by atoms with van der Waals surface area (Å²) in [5, 5.41) is 11.7. The van der Waals surface area contributed by atoms with Crippen LogP contribution in [0.3, 0.4) is 0 Å². The van der Waals surface area contributed by atoms with E-state index >= 15 is 0 Å². The molecule has 8 heteroatoms. The van der Waals surface area contributed by atoms with E-state index in [9.17, 15) is 19.5 Å². The number of nitrogens with zero attached hydrogens (tertiary/aromatic N) is 1. The first-order chi connectivity index (χ1) is 13.2. The van der Waals surface area contributed by atoms with Gasteiger partial charge in [-0.25, -0.2) is 4.79 Å². The first-order valence-electron chi connectivity index (χ1n) is 9.35. The molecule has 0 spiro atoms. The van der Waals surface area contributed by atoms with Crippen molar-refractivity contribution in [1.29, 1.82) is 0 Å². The summed E-state index contributed by atoms with van der Waals surface area (Å²) < 4.78 is 11.0. The van der Waals surface area contributed by atoms with Gasteiger partial charge >= 0.3 is 5.97 Å². The highest BCUT2D eigenvalue weighted by Gasteiger charge is 2.23. The molecule has 28 heavy (non-hydrogen) atoms. The van der Waals surface area contributed by atoms with Crippen LogP contribution >= 0.6 is 0 Å². The zero-order chi connectivity index (χ0) is 20.7. The number of nitrogens with one attached hydrogen (secondary N) is 1. The van der Waals surface area contributed by atoms with E-state index in [-0.39, 0.29) is 31.1 Å². The second-order valence-corrected chi connectivity index (χ2v) is 7.64. The van der Waals surface area contributed by atoms with Gasteiger partial charge in [0.2, 0.25) is 5.91 Å². The minimum absolute atomic E-state index is 0.0664. The van der Waals surface area contributed by atoms with Gasteiger partial charge < -0.3 is 24.8 Å². The number of benzene rings is 1. The molecule has 1 fully saturated rings. The third kappa shape index (κ3) is 6.84.